The third kappa shape index (κ3) is 3.85. The summed E-state index contributed by atoms with van der Waals surface area (Å²) in [7, 11) is 0. The Morgan fingerprint density at radius 1 is 1.20 bits per heavy atom. The lowest BCUT2D eigenvalue weighted by Gasteiger charge is -2.10. The van der Waals surface area contributed by atoms with E-state index in [1.54, 1.807) is 24.3 Å². The molecule has 1 N–H and O–H groups in total. The number of hydrogen-bond acceptors (Lipinski definition) is 2. The van der Waals surface area contributed by atoms with Crippen molar-refractivity contribution in [1.29, 1.82) is 0 Å². The van der Waals surface area contributed by atoms with Crippen molar-refractivity contribution in [2.24, 2.45) is 0 Å². The van der Waals surface area contributed by atoms with Crippen molar-refractivity contribution in [3.05, 3.63) is 63.6 Å². The predicted octanol–water partition coefficient (Wildman–Crippen LogP) is 4.99. The molecule has 0 saturated carbocycles. The molecular formula is C15H10BrClO3. The van der Waals surface area contributed by atoms with E-state index < -0.39 is 5.97 Å². The molecule has 0 atom stereocenters. The quantitative estimate of drug-likeness (QED) is 0.787. The zero-order chi connectivity index (χ0) is 14.5. The number of benzene rings is 2. The summed E-state index contributed by atoms with van der Waals surface area (Å²) in [6, 6.07) is 12.4. The SMILES string of the molecule is O=C(O)/C=C/c1ccc(Cl)cc1Oc1ccccc1Br. The second-order valence-electron chi connectivity index (χ2n) is 3.89. The van der Waals surface area contributed by atoms with Gasteiger partial charge in [-0.25, -0.2) is 4.79 Å². The summed E-state index contributed by atoms with van der Waals surface area (Å²) >= 11 is 9.34. The van der Waals surface area contributed by atoms with E-state index in [-0.39, 0.29) is 0 Å². The molecule has 0 aliphatic carbocycles. The van der Waals surface area contributed by atoms with Crippen LogP contribution in [0.5, 0.6) is 11.5 Å². The van der Waals surface area contributed by atoms with E-state index in [2.05, 4.69) is 15.9 Å². The molecule has 0 bridgehead atoms. The van der Waals surface area contributed by atoms with Crippen molar-refractivity contribution < 1.29 is 14.6 Å². The highest BCUT2D eigenvalue weighted by molar-refractivity contribution is 9.10. The Morgan fingerprint density at radius 2 is 1.95 bits per heavy atom. The first-order chi connectivity index (χ1) is 9.56. The lowest BCUT2D eigenvalue weighted by molar-refractivity contribution is -0.131. The Hall–Kier alpha value is -1.78. The van der Waals surface area contributed by atoms with Crippen molar-refractivity contribution in [3.63, 3.8) is 0 Å². The minimum atomic E-state index is -1.02. The number of para-hydroxylation sites is 1. The van der Waals surface area contributed by atoms with Gasteiger partial charge in [-0.2, -0.15) is 0 Å². The molecule has 0 amide bonds. The molecule has 5 heteroatoms. The fourth-order valence-electron chi connectivity index (χ4n) is 1.54. The van der Waals surface area contributed by atoms with Gasteiger partial charge in [0, 0.05) is 22.7 Å². The minimum Gasteiger partial charge on any atom is -0.478 e. The molecule has 0 aliphatic heterocycles. The maximum atomic E-state index is 10.6. The van der Waals surface area contributed by atoms with E-state index in [0.29, 0.717) is 22.1 Å². The molecule has 0 heterocycles. The van der Waals surface area contributed by atoms with Gasteiger partial charge in [-0.1, -0.05) is 23.7 Å². The molecule has 0 aromatic heterocycles. The number of hydrogen-bond donors (Lipinski definition) is 1. The van der Waals surface area contributed by atoms with Crippen LogP contribution in [0.25, 0.3) is 6.08 Å². The van der Waals surface area contributed by atoms with E-state index in [9.17, 15) is 4.79 Å². The van der Waals surface area contributed by atoms with E-state index in [1.807, 2.05) is 18.2 Å². The van der Waals surface area contributed by atoms with Gasteiger partial charge in [0.1, 0.15) is 11.5 Å². The van der Waals surface area contributed by atoms with Crippen LogP contribution < -0.4 is 4.74 Å². The average Bonchev–Trinajstić information content (AvgIpc) is 2.40. The smallest absolute Gasteiger partial charge is 0.328 e. The van der Waals surface area contributed by atoms with Gasteiger partial charge in [0.2, 0.25) is 0 Å². The number of halogens is 2. The van der Waals surface area contributed by atoms with Crippen LogP contribution in [-0.4, -0.2) is 11.1 Å². The summed E-state index contributed by atoms with van der Waals surface area (Å²) in [5.74, 6) is 0.0911. The molecule has 0 fully saturated rings. The summed E-state index contributed by atoms with van der Waals surface area (Å²) < 4.78 is 6.58. The monoisotopic (exact) mass is 352 g/mol. The average molecular weight is 354 g/mol. The number of ether oxygens (including phenoxy) is 1. The highest BCUT2D eigenvalue weighted by Crippen LogP contribution is 2.33. The van der Waals surface area contributed by atoms with Crippen molar-refractivity contribution in [3.8, 4) is 11.5 Å². The molecular weight excluding hydrogens is 344 g/mol. The summed E-state index contributed by atoms with van der Waals surface area (Å²) in [6.07, 6.45) is 2.51. The van der Waals surface area contributed by atoms with Crippen LogP contribution in [0.3, 0.4) is 0 Å². The van der Waals surface area contributed by atoms with Gasteiger partial charge in [-0.3, -0.25) is 0 Å². The third-order valence-corrected chi connectivity index (χ3v) is 3.33. The lowest BCUT2D eigenvalue weighted by atomic mass is 10.2. The van der Waals surface area contributed by atoms with Gasteiger partial charge in [-0.05, 0) is 46.3 Å². The first-order valence-corrected chi connectivity index (χ1v) is 6.86. The van der Waals surface area contributed by atoms with Gasteiger partial charge < -0.3 is 9.84 Å². The first-order valence-electron chi connectivity index (χ1n) is 5.69. The van der Waals surface area contributed by atoms with Gasteiger partial charge in [0.15, 0.2) is 0 Å². The van der Waals surface area contributed by atoms with E-state index >= 15 is 0 Å². The van der Waals surface area contributed by atoms with E-state index in [4.69, 9.17) is 21.4 Å². The Labute approximate surface area is 129 Å². The third-order valence-electron chi connectivity index (χ3n) is 2.44. The largest absolute Gasteiger partial charge is 0.478 e. The van der Waals surface area contributed by atoms with Crippen molar-refractivity contribution >= 4 is 39.6 Å². The molecule has 0 radical (unpaired) electrons. The highest BCUT2D eigenvalue weighted by atomic mass is 79.9. The van der Waals surface area contributed by atoms with Gasteiger partial charge in [-0.15, -0.1) is 0 Å². The maximum Gasteiger partial charge on any atom is 0.328 e. The fourth-order valence-corrected chi connectivity index (χ4v) is 2.07. The molecule has 0 saturated heterocycles. The Morgan fingerprint density at radius 3 is 2.65 bits per heavy atom. The molecule has 102 valence electrons. The van der Waals surface area contributed by atoms with Crippen LogP contribution in [0.2, 0.25) is 5.02 Å². The molecule has 2 rings (SSSR count). The Bertz CT molecular complexity index is 668. The minimum absolute atomic E-state index is 0.488. The molecule has 0 unspecified atom stereocenters. The Balaban J connectivity index is 2.37. The zero-order valence-electron chi connectivity index (χ0n) is 10.2. The van der Waals surface area contributed by atoms with Crippen LogP contribution in [0.1, 0.15) is 5.56 Å². The van der Waals surface area contributed by atoms with Gasteiger partial charge in [0.25, 0.3) is 0 Å². The first kappa shape index (κ1) is 14.6. The summed E-state index contributed by atoms with van der Waals surface area (Å²) in [5.41, 5.74) is 0.632. The molecule has 20 heavy (non-hydrogen) atoms. The summed E-state index contributed by atoms with van der Waals surface area (Å²) in [5, 5.41) is 9.21. The van der Waals surface area contributed by atoms with Crippen LogP contribution in [0.4, 0.5) is 0 Å². The summed E-state index contributed by atoms with van der Waals surface area (Å²) in [6.45, 7) is 0. The van der Waals surface area contributed by atoms with Gasteiger partial charge >= 0.3 is 5.97 Å². The predicted molar refractivity (Wildman–Crippen MR) is 82.3 cm³/mol. The van der Waals surface area contributed by atoms with Crippen molar-refractivity contribution in [2.45, 2.75) is 0 Å². The van der Waals surface area contributed by atoms with Crippen LogP contribution >= 0.6 is 27.5 Å². The Kier molecular flexibility index (Phi) is 4.82. The van der Waals surface area contributed by atoms with E-state index in [0.717, 1.165) is 10.5 Å². The maximum absolute atomic E-state index is 10.6. The van der Waals surface area contributed by atoms with Crippen molar-refractivity contribution in [2.75, 3.05) is 0 Å². The van der Waals surface area contributed by atoms with Crippen molar-refractivity contribution in [1.82, 2.24) is 0 Å². The molecule has 2 aromatic carbocycles. The molecule has 2 aromatic rings. The summed E-state index contributed by atoms with van der Waals surface area (Å²) in [4.78, 5) is 10.6. The fraction of sp³-hybridized carbons (Fsp3) is 0. The van der Waals surface area contributed by atoms with Crippen LogP contribution in [-0.2, 0) is 4.79 Å². The second-order valence-corrected chi connectivity index (χ2v) is 5.18. The second kappa shape index (κ2) is 6.59. The standard InChI is InChI=1S/C15H10BrClO3/c16-12-3-1-2-4-13(12)20-14-9-11(17)7-5-10(14)6-8-15(18)19/h1-9H,(H,18,19)/b8-6+. The number of aliphatic carboxylic acids is 1. The molecule has 0 spiro atoms. The number of carbonyl (C=O) groups is 1. The zero-order valence-corrected chi connectivity index (χ0v) is 12.6. The van der Waals surface area contributed by atoms with Crippen LogP contribution in [0.15, 0.2) is 53.0 Å². The highest BCUT2D eigenvalue weighted by Gasteiger charge is 2.07. The number of carboxylic acids is 1. The lowest BCUT2D eigenvalue weighted by Crippen LogP contribution is -1.90. The number of rotatable bonds is 4. The molecule has 0 aliphatic rings. The van der Waals surface area contributed by atoms with E-state index in [1.165, 1.54) is 6.08 Å². The van der Waals surface area contributed by atoms with Crippen LogP contribution in [0, 0.1) is 0 Å². The normalized spacial score (nSPS) is 10.7. The molecule has 3 nitrogen and oxygen atoms in total. The number of carboxylic acid groups (broad SMARTS) is 1. The topological polar surface area (TPSA) is 46.5 Å². The van der Waals surface area contributed by atoms with Gasteiger partial charge in [0.05, 0.1) is 4.47 Å².